The summed E-state index contributed by atoms with van der Waals surface area (Å²) in [7, 11) is -0.747. The van der Waals surface area contributed by atoms with E-state index in [1.165, 1.54) is 64.2 Å². The molecule has 0 aromatic heterocycles. The normalized spacial score (nSPS) is 29.3. The fourth-order valence-electron chi connectivity index (χ4n) is 13.6. The van der Waals surface area contributed by atoms with Crippen LogP contribution in [0.15, 0.2) is 136 Å². The van der Waals surface area contributed by atoms with Crippen LogP contribution in [0.3, 0.4) is 0 Å². The van der Waals surface area contributed by atoms with E-state index in [0.29, 0.717) is 59.9 Å². The Morgan fingerprint density at radius 2 is 0.746 bits per heavy atom. The van der Waals surface area contributed by atoms with Gasteiger partial charge >= 0.3 is 18.1 Å². The van der Waals surface area contributed by atoms with Crippen molar-refractivity contribution in [3.8, 4) is 23.0 Å². The van der Waals surface area contributed by atoms with Gasteiger partial charge in [-0.2, -0.15) is 13.2 Å². The summed E-state index contributed by atoms with van der Waals surface area (Å²) >= 11 is 0. The third kappa shape index (κ3) is 10.2. The van der Waals surface area contributed by atoms with Crippen molar-refractivity contribution in [1.29, 1.82) is 0 Å². The monoisotopic (exact) mass is 987 g/mol. The van der Waals surface area contributed by atoms with Crippen LogP contribution in [0.1, 0.15) is 94.7 Å². The molecule has 5 aromatic carbocycles. The lowest BCUT2D eigenvalue weighted by atomic mass is 9.50. The summed E-state index contributed by atoms with van der Waals surface area (Å²) in [6.07, 6.45) is 7.58. The SMILES string of the molecule is CC1(OC(=O)COc2ccc(COc3ccc([S+](c4ccc(OCc5ccc(OCC(=O)OC6(C)C7CC8CC(C7)CC6C8)cc5)cc4)c4ccc(C(F)(F)F)cc4)cc3)cc2)C2CC3CC(C2)CC1C3. The maximum atomic E-state index is 13.6. The first kappa shape index (κ1) is 47.7. The van der Waals surface area contributed by atoms with E-state index in [9.17, 15) is 22.8 Å². The molecule has 0 aliphatic heterocycles. The van der Waals surface area contributed by atoms with Gasteiger partial charge in [-0.25, -0.2) is 9.59 Å². The van der Waals surface area contributed by atoms with E-state index in [1.807, 2.05) is 97.1 Å². The van der Waals surface area contributed by atoms with Crippen molar-refractivity contribution in [2.24, 2.45) is 47.3 Å². The maximum absolute atomic E-state index is 13.6. The average molecular weight is 988 g/mol. The molecule has 0 saturated heterocycles. The lowest BCUT2D eigenvalue weighted by molar-refractivity contribution is -0.205. The van der Waals surface area contributed by atoms with Crippen molar-refractivity contribution >= 4 is 22.8 Å². The number of halogens is 3. The second-order valence-electron chi connectivity index (χ2n) is 21.6. The summed E-state index contributed by atoms with van der Waals surface area (Å²) in [4.78, 5) is 28.5. The van der Waals surface area contributed by atoms with E-state index in [-0.39, 0.29) is 36.4 Å². The number of carbonyl (C=O) groups excluding carboxylic acids is 2. The van der Waals surface area contributed by atoms with Crippen molar-refractivity contribution < 1.29 is 51.2 Å². The van der Waals surface area contributed by atoms with Crippen LogP contribution in [-0.4, -0.2) is 36.4 Å². The fraction of sp³-hybridized carbons (Fsp3) is 0.458. The van der Waals surface area contributed by atoms with Crippen molar-refractivity contribution in [2.75, 3.05) is 13.2 Å². The standard InChI is InChI=1S/C59H62F3O8S/c1-57(44-25-39-23-40(27-44)28-45(57)26-39)69-55(63)35-67-48-9-3-37(4-10-48)33-65-50-13-19-53(20-14-50)71(52-17-7-43(8-18-52)59(60,61)62)54-21-15-51(16-22-54)66-34-38-5-11-49(12-6-38)68-36-56(64)70-58(2)46-29-41-24-42(31-46)32-47(58)30-41/h3-22,39-42,44-47H,23-36H2,1-2H3/q+1. The minimum atomic E-state index is -4.45. The van der Waals surface area contributed by atoms with Gasteiger partial charge in [-0.05, 0) is 234 Å². The molecule has 5 aromatic rings. The van der Waals surface area contributed by atoms with Gasteiger partial charge in [0.2, 0.25) is 0 Å². The Morgan fingerprint density at radius 1 is 0.451 bits per heavy atom. The highest BCUT2D eigenvalue weighted by molar-refractivity contribution is 7.97. The molecular formula is C59H62F3O8S+. The topological polar surface area (TPSA) is 89.5 Å². The molecular weight excluding hydrogens is 926 g/mol. The summed E-state index contributed by atoms with van der Waals surface area (Å²) in [6.45, 7) is 4.60. The van der Waals surface area contributed by atoms with E-state index in [2.05, 4.69) is 13.8 Å². The third-order valence-electron chi connectivity index (χ3n) is 17.1. The second kappa shape index (κ2) is 19.4. The van der Waals surface area contributed by atoms with Crippen LogP contribution in [0, 0.1) is 47.3 Å². The van der Waals surface area contributed by atoms with E-state index in [1.54, 1.807) is 12.1 Å². The Labute approximate surface area is 417 Å². The number of alkyl halides is 3. The molecule has 0 unspecified atom stereocenters. The predicted octanol–water partition coefficient (Wildman–Crippen LogP) is 13.2. The number of carbonyl (C=O) groups is 2. The maximum Gasteiger partial charge on any atom is 0.416 e. The molecule has 0 atom stereocenters. The van der Waals surface area contributed by atoms with Crippen LogP contribution in [0.2, 0.25) is 0 Å². The Hall–Kier alpha value is -5.62. The Morgan fingerprint density at radius 3 is 1.07 bits per heavy atom. The number of hydrogen-bond donors (Lipinski definition) is 0. The summed E-state index contributed by atoms with van der Waals surface area (Å²) < 4.78 is 77.1. The highest BCUT2D eigenvalue weighted by atomic mass is 32.2. The Balaban J connectivity index is 0.674. The molecule has 0 heterocycles. The first-order valence-corrected chi connectivity index (χ1v) is 26.7. The van der Waals surface area contributed by atoms with Gasteiger partial charge in [-0.3, -0.25) is 0 Å². The molecule has 12 heteroatoms. The zero-order valence-electron chi connectivity index (χ0n) is 40.4. The van der Waals surface area contributed by atoms with Crippen LogP contribution in [0.25, 0.3) is 0 Å². The fourth-order valence-corrected chi connectivity index (χ4v) is 15.7. The minimum absolute atomic E-state index is 0.134. The van der Waals surface area contributed by atoms with E-state index < -0.39 is 22.6 Å². The first-order chi connectivity index (χ1) is 34.2. The number of rotatable bonds is 17. The van der Waals surface area contributed by atoms with Crippen molar-refractivity contribution in [1.82, 2.24) is 0 Å². The molecule has 372 valence electrons. The van der Waals surface area contributed by atoms with Gasteiger partial charge < -0.3 is 28.4 Å². The van der Waals surface area contributed by atoms with Crippen LogP contribution >= 0.6 is 0 Å². The van der Waals surface area contributed by atoms with E-state index >= 15 is 0 Å². The lowest BCUT2D eigenvalue weighted by Crippen LogP contribution is -2.58. The highest BCUT2D eigenvalue weighted by Crippen LogP contribution is 2.61. The quantitative estimate of drug-likeness (QED) is 0.0672. The predicted molar refractivity (Wildman–Crippen MR) is 262 cm³/mol. The number of hydrogen-bond acceptors (Lipinski definition) is 8. The highest BCUT2D eigenvalue weighted by Gasteiger charge is 2.58. The largest absolute Gasteiger partial charge is 0.489 e. The van der Waals surface area contributed by atoms with Crippen molar-refractivity contribution in [2.45, 2.75) is 123 Å². The van der Waals surface area contributed by atoms with E-state index in [4.69, 9.17) is 28.4 Å². The van der Waals surface area contributed by atoms with Gasteiger partial charge in [0, 0.05) is 0 Å². The van der Waals surface area contributed by atoms with Crippen LogP contribution in [0.5, 0.6) is 23.0 Å². The molecule has 8 aliphatic carbocycles. The van der Waals surface area contributed by atoms with Crippen LogP contribution in [0.4, 0.5) is 13.2 Å². The summed E-state index contributed by atoms with van der Waals surface area (Å²) in [5.74, 6) is 6.79. The zero-order chi connectivity index (χ0) is 48.9. The smallest absolute Gasteiger partial charge is 0.416 e. The molecule has 8 fully saturated rings. The van der Waals surface area contributed by atoms with Gasteiger partial charge in [0.05, 0.1) is 16.5 Å². The number of benzene rings is 5. The molecule has 8 aliphatic rings. The summed E-state index contributed by atoms with van der Waals surface area (Å²) in [5, 5.41) is 0. The molecule has 71 heavy (non-hydrogen) atoms. The van der Waals surface area contributed by atoms with Gasteiger partial charge in [-0.1, -0.05) is 24.3 Å². The average Bonchev–Trinajstić information content (AvgIpc) is 3.36. The minimum Gasteiger partial charge on any atom is -0.489 e. The Bertz CT molecular complexity index is 2460. The summed E-state index contributed by atoms with van der Waals surface area (Å²) in [5.41, 5.74) is 0.349. The third-order valence-corrected chi connectivity index (χ3v) is 19.3. The summed E-state index contributed by atoms with van der Waals surface area (Å²) in [6, 6.07) is 35.5. The molecule has 0 amide bonds. The molecule has 8 bridgehead atoms. The van der Waals surface area contributed by atoms with Gasteiger partial charge in [0.1, 0.15) is 47.4 Å². The molecule has 8 nitrogen and oxygen atoms in total. The molecule has 0 radical (unpaired) electrons. The molecule has 13 rings (SSSR count). The second-order valence-corrected chi connectivity index (χ2v) is 23.7. The zero-order valence-corrected chi connectivity index (χ0v) is 41.2. The van der Waals surface area contributed by atoms with Crippen LogP contribution < -0.4 is 18.9 Å². The molecule has 0 N–H and O–H groups in total. The lowest BCUT2D eigenvalue weighted by Gasteiger charge is -2.59. The van der Waals surface area contributed by atoms with Crippen molar-refractivity contribution in [3.05, 3.63) is 138 Å². The molecule has 0 spiro atoms. The van der Waals surface area contributed by atoms with Gasteiger partial charge in [0.25, 0.3) is 0 Å². The first-order valence-electron chi connectivity index (χ1n) is 25.5. The number of ether oxygens (including phenoxy) is 6. The van der Waals surface area contributed by atoms with Crippen molar-refractivity contribution in [3.63, 3.8) is 0 Å². The Kier molecular flexibility index (Phi) is 13.0. The number of esters is 2. The van der Waals surface area contributed by atoms with Crippen LogP contribution in [-0.2, 0) is 49.3 Å². The molecule has 8 saturated carbocycles. The van der Waals surface area contributed by atoms with E-state index in [0.717, 1.165) is 61.6 Å². The van der Waals surface area contributed by atoms with Gasteiger partial charge in [0.15, 0.2) is 27.9 Å². The van der Waals surface area contributed by atoms with Gasteiger partial charge in [-0.15, -0.1) is 0 Å².